The second-order valence-electron chi connectivity index (χ2n) is 4.54. The molecule has 1 N–H and O–H groups in total. The Hall–Kier alpha value is -0.840. The van der Waals surface area contributed by atoms with Gasteiger partial charge in [0.15, 0.2) is 0 Å². The second-order valence-corrected chi connectivity index (χ2v) is 7.19. The van der Waals surface area contributed by atoms with Gasteiger partial charge < -0.3 is 4.90 Å². The molecule has 1 aromatic rings. The molecule has 0 saturated carbocycles. The number of hydrogen-bond acceptors (Lipinski definition) is 4. The highest BCUT2D eigenvalue weighted by molar-refractivity contribution is 8.01. The molecule has 4 nitrogen and oxygen atoms in total. The predicted molar refractivity (Wildman–Crippen MR) is 87.2 cm³/mol. The fourth-order valence-electron chi connectivity index (χ4n) is 1.52. The fourth-order valence-corrected chi connectivity index (χ4v) is 2.97. The topological polar surface area (TPSA) is 57.6 Å². The van der Waals surface area contributed by atoms with Gasteiger partial charge in [-0.25, -0.2) is 0 Å². The van der Waals surface area contributed by atoms with Gasteiger partial charge in [-0.05, 0) is 43.5 Å². The summed E-state index contributed by atoms with van der Waals surface area (Å²) < 4.78 is 80.2. The van der Waals surface area contributed by atoms with Crippen molar-refractivity contribution in [3.05, 3.63) is 30.3 Å². The van der Waals surface area contributed by atoms with Crippen LogP contribution in [0.2, 0.25) is 0 Å². The van der Waals surface area contributed by atoms with E-state index in [9.17, 15) is 26.0 Å². The molecule has 0 fully saturated rings. The molecule has 1 rings (SSSR count). The SMILES string of the molecule is CCN(CC)CC.O=S(=O)(O)C(F)(F)C(F)(F)Sc1ccccc1. The summed E-state index contributed by atoms with van der Waals surface area (Å²) in [6.45, 7) is 10.1. The van der Waals surface area contributed by atoms with Crippen molar-refractivity contribution in [3.8, 4) is 0 Å². The molecule has 0 spiro atoms. The Morgan fingerprint density at radius 2 is 1.42 bits per heavy atom. The molecule has 0 atom stereocenters. The van der Waals surface area contributed by atoms with Crippen LogP contribution >= 0.6 is 11.8 Å². The first-order valence-electron chi connectivity index (χ1n) is 7.11. The second kappa shape index (κ2) is 9.59. The minimum Gasteiger partial charge on any atom is -0.304 e. The van der Waals surface area contributed by atoms with E-state index < -0.39 is 32.4 Å². The van der Waals surface area contributed by atoms with Crippen LogP contribution in [0.25, 0.3) is 0 Å². The first-order valence-corrected chi connectivity index (χ1v) is 9.37. The van der Waals surface area contributed by atoms with E-state index in [0.717, 1.165) is 12.1 Å². The summed E-state index contributed by atoms with van der Waals surface area (Å²) in [6.07, 6.45) is 0. The number of alkyl halides is 4. The van der Waals surface area contributed by atoms with Crippen LogP contribution in [0.5, 0.6) is 0 Å². The zero-order valence-electron chi connectivity index (χ0n) is 13.5. The van der Waals surface area contributed by atoms with Gasteiger partial charge in [0.25, 0.3) is 0 Å². The van der Waals surface area contributed by atoms with Crippen LogP contribution in [0.15, 0.2) is 35.2 Å². The molecule has 0 heterocycles. The van der Waals surface area contributed by atoms with E-state index in [-0.39, 0.29) is 4.90 Å². The zero-order valence-corrected chi connectivity index (χ0v) is 15.2. The first kappa shape index (κ1) is 23.2. The molecule has 24 heavy (non-hydrogen) atoms. The minimum atomic E-state index is -6.18. The van der Waals surface area contributed by atoms with E-state index in [0.29, 0.717) is 0 Å². The average molecular weight is 391 g/mol. The Labute approximate surface area is 144 Å². The van der Waals surface area contributed by atoms with Crippen molar-refractivity contribution < 1.29 is 30.5 Å². The van der Waals surface area contributed by atoms with Gasteiger partial charge in [0.1, 0.15) is 0 Å². The molecule has 0 saturated heterocycles. The highest BCUT2D eigenvalue weighted by atomic mass is 32.2. The van der Waals surface area contributed by atoms with Crippen LogP contribution in [0.4, 0.5) is 17.6 Å². The fraction of sp³-hybridized carbons (Fsp3) is 0.571. The number of benzene rings is 1. The van der Waals surface area contributed by atoms with Gasteiger partial charge in [0.2, 0.25) is 0 Å². The summed E-state index contributed by atoms with van der Waals surface area (Å²) in [5.74, 6) is 0. The van der Waals surface area contributed by atoms with Crippen molar-refractivity contribution in [1.29, 1.82) is 0 Å². The Balaban J connectivity index is 0.000000640. The van der Waals surface area contributed by atoms with Crippen LogP contribution < -0.4 is 0 Å². The van der Waals surface area contributed by atoms with Crippen molar-refractivity contribution in [3.63, 3.8) is 0 Å². The summed E-state index contributed by atoms with van der Waals surface area (Å²) in [4.78, 5) is 2.13. The van der Waals surface area contributed by atoms with Crippen LogP contribution in [-0.2, 0) is 10.1 Å². The van der Waals surface area contributed by atoms with Gasteiger partial charge in [0, 0.05) is 4.90 Å². The maximum absolute atomic E-state index is 13.1. The van der Waals surface area contributed by atoms with Crippen molar-refractivity contribution >= 4 is 21.9 Å². The Bertz CT molecular complexity index is 573. The highest BCUT2D eigenvalue weighted by Gasteiger charge is 2.66. The average Bonchev–Trinajstić information content (AvgIpc) is 2.49. The summed E-state index contributed by atoms with van der Waals surface area (Å²) >= 11 is -0.643. The van der Waals surface area contributed by atoms with E-state index in [4.69, 9.17) is 4.55 Å². The lowest BCUT2D eigenvalue weighted by atomic mass is 10.4. The highest BCUT2D eigenvalue weighted by Crippen LogP contribution is 2.48. The van der Waals surface area contributed by atoms with Crippen molar-refractivity contribution in [1.82, 2.24) is 4.90 Å². The molecular formula is C14H21F4NO3S2. The molecular weight excluding hydrogens is 370 g/mol. The van der Waals surface area contributed by atoms with E-state index >= 15 is 0 Å². The lowest BCUT2D eigenvalue weighted by molar-refractivity contribution is -0.0946. The third kappa shape index (κ3) is 6.58. The largest absolute Gasteiger partial charge is 0.442 e. The van der Waals surface area contributed by atoms with Crippen molar-refractivity contribution in [2.75, 3.05) is 19.6 Å². The summed E-state index contributed by atoms with van der Waals surface area (Å²) in [6, 6.07) is 6.34. The van der Waals surface area contributed by atoms with Crippen LogP contribution in [0.3, 0.4) is 0 Å². The molecule has 10 heteroatoms. The molecule has 0 bridgehead atoms. The quantitative estimate of drug-likeness (QED) is 0.429. The van der Waals surface area contributed by atoms with E-state index in [1.54, 1.807) is 0 Å². The predicted octanol–water partition coefficient (Wildman–Crippen LogP) is 4.20. The number of halogens is 4. The Kier molecular flexibility index (Phi) is 9.26. The van der Waals surface area contributed by atoms with E-state index in [1.165, 1.54) is 37.8 Å². The Morgan fingerprint density at radius 1 is 1.00 bits per heavy atom. The maximum atomic E-state index is 13.1. The standard InChI is InChI=1S/C8H6F4O3S2.C6H15N/c9-7(10,8(11,12)17(13,14)15)16-6-4-2-1-3-5-6;1-4-7(5-2)6-3/h1-5H,(H,13,14,15);4-6H2,1-3H3. The van der Waals surface area contributed by atoms with E-state index in [2.05, 4.69) is 25.7 Å². The zero-order chi connectivity index (χ0) is 19.0. The van der Waals surface area contributed by atoms with Gasteiger partial charge in [0.05, 0.1) is 0 Å². The van der Waals surface area contributed by atoms with Crippen molar-refractivity contribution in [2.24, 2.45) is 0 Å². The summed E-state index contributed by atoms with van der Waals surface area (Å²) in [5.41, 5.74) is 0. The van der Waals surface area contributed by atoms with E-state index in [1.807, 2.05) is 0 Å². The number of nitrogens with zero attached hydrogens (tertiary/aromatic N) is 1. The molecule has 0 unspecified atom stereocenters. The third-order valence-corrected chi connectivity index (χ3v) is 5.05. The van der Waals surface area contributed by atoms with Gasteiger partial charge in [-0.1, -0.05) is 39.0 Å². The number of rotatable bonds is 7. The Morgan fingerprint density at radius 3 is 1.71 bits per heavy atom. The van der Waals surface area contributed by atoms with Gasteiger partial charge in [-0.3, -0.25) is 4.55 Å². The summed E-state index contributed by atoms with van der Waals surface area (Å²) in [7, 11) is -6.18. The normalized spacial score (nSPS) is 12.7. The molecule has 0 amide bonds. The monoisotopic (exact) mass is 391 g/mol. The van der Waals surface area contributed by atoms with Gasteiger partial charge in [-0.15, -0.1) is 0 Å². The maximum Gasteiger partial charge on any atom is 0.442 e. The van der Waals surface area contributed by atoms with Crippen LogP contribution in [-0.4, -0.2) is 48.0 Å². The van der Waals surface area contributed by atoms with Crippen LogP contribution in [0, 0.1) is 0 Å². The number of thioether (sulfide) groups is 1. The molecule has 0 aliphatic rings. The molecule has 0 aliphatic carbocycles. The lowest BCUT2D eigenvalue weighted by Gasteiger charge is -2.22. The van der Waals surface area contributed by atoms with Gasteiger partial charge in [-0.2, -0.15) is 26.0 Å². The lowest BCUT2D eigenvalue weighted by Crippen LogP contribution is -2.44. The van der Waals surface area contributed by atoms with Crippen molar-refractivity contribution in [2.45, 2.75) is 36.2 Å². The molecule has 0 radical (unpaired) electrons. The van der Waals surface area contributed by atoms with Crippen LogP contribution in [0.1, 0.15) is 20.8 Å². The summed E-state index contributed by atoms with van der Waals surface area (Å²) in [5, 5.41) is -10.5. The van der Waals surface area contributed by atoms with Gasteiger partial charge >= 0.3 is 20.6 Å². The molecule has 0 aromatic heterocycles. The third-order valence-electron chi connectivity index (χ3n) is 2.99. The first-order chi connectivity index (χ1) is 10.9. The number of hydrogen-bond donors (Lipinski definition) is 1. The minimum absolute atomic E-state index is 0.249. The molecule has 0 aliphatic heterocycles. The smallest absolute Gasteiger partial charge is 0.304 e. The molecule has 140 valence electrons. The molecule has 1 aromatic carbocycles.